The Morgan fingerprint density at radius 2 is 1.72 bits per heavy atom. The first-order chi connectivity index (χ1) is 18.3. The molecule has 0 aliphatic carbocycles. The molecule has 0 unspecified atom stereocenters. The largest absolute Gasteiger partial charge is 0.487 e. The van der Waals surface area contributed by atoms with Gasteiger partial charge in [0.2, 0.25) is 20.0 Å². The van der Waals surface area contributed by atoms with E-state index in [4.69, 9.17) is 4.74 Å². The van der Waals surface area contributed by atoms with Gasteiger partial charge in [0, 0.05) is 25.6 Å². The van der Waals surface area contributed by atoms with Crippen molar-refractivity contribution in [3.05, 3.63) is 78.4 Å². The molecule has 3 aromatic rings. The zero-order chi connectivity index (χ0) is 28.5. The molecule has 1 aliphatic rings. The van der Waals surface area contributed by atoms with Crippen molar-refractivity contribution in [3.63, 3.8) is 0 Å². The van der Waals surface area contributed by atoms with E-state index in [1.807, 2.05) is 0 Å². The minimum atomic E-state index is -4.11. The van der Waals surface area contributed by atoms with Crippen molar-refractivity contribution in [2.45, 2.75) is 35.8 Å². The highest BCUT2D eigenvalue weighted by molar-refractivity contribution is 7.89. The summed E-state index contributed by atoms with van der Waals surface area (Å²) in [6, 6.07) is 13.9. The van der Waals surface area contributed by atoms with Crippen molar-refractivity contribution in [1.29, 1.82) is 0 Å². The molecule has 0 amide bonds. The van der Waals surface area contributed by atoms with Crippen LogP contribution >= 0.6 is 0 Å². The molecule has 0 saturated heterocycles. The molecular weight excluding hydrogens is 550 g/mol. The topological polar surface area (TPSA) is 104 Å². The molecule has 3 atom stereocenters. The highest BCUT2D eigenvalue weighted by atomic mass is 32.2. The molecule has 0 bridgehead atoms. The van der Waals surface area contributed by atoms with Gasteiger partial charge in [0.1, 0.15) is 28.4 Å². The molecular formula is C27H30F2N2O6S2. The Bertz CT molecular complexity index is 1550. The summed E-state index contributed by atoms with van der Waals surface area (Å²) in [5.74, 6) is -1.56. The highest BCUT2D eigenvalue weighted by Gasteiger charge is 2.39. The third kappa shape index (κ3) is 5.99. The van der Waals surface area contributed by atoms with Crippen molar-refractivity contribution in [3.8, 4) is 16.9 Å². The number of ether oxygens (including phenoxy) is 1. The number of sulfonamides is 2. The smallest absolute Gasteiger partial charge is 0.247 e. The van der Waals surface area contributed by atoms with E-state index < -0.39 is 56.4 Å². The third-order valence-corrected chi connectivity index (χ3v) is 10.6. The highest BCUT2D eigenvalue weighted by Crippen LogP contribution is 2.37. The number of hydrogen-bond donors (Lipinski definition) is 1. The number of halogens is 2. The Hall–Kier alpha value is -2.90. The van der Waals surface area contributed by atoms with Crippen LogP contribution in [0.2, 0.25) is 0 Å². The quantitative estimate of drug-likeness (QED) is 0.457. The molecule has 0 fully saturated rings. The van der Waals surface area contributed by atoms with Crippen molar-refractivity contribution in [2.75, 3.05) is 26.7 Å². The molecule has 0 saturated carbocycles. The minimum Gasteiger partial charge on any atom is -0.487 e. The minimum absolute atomic E-state index is 0.0176. The summed E-state index contributed by atoms with van der Waals surface area (Å²) in [5, 5.41) is 9.81. The number of aliphatic hydroxyl groups excluding tert-OH is 1. The second-order valence-electron chi connectivity index (χ2n) is 9.65. The number of likely N-dealkylation sites (N-methyl/N-ethyl adjacent to an activating group) is 1. The van der Waals surface area contributed by atoms with Gasteiger partial charge in [-0.25, -0.2) is 25.6 Å². The van der Waals surface area contributed by atoms with Crippen LogP contribution in [0.3, 0.4) is 0 Å². The second kappa shape index (κ2) is 11.3. The molecule has 39 heavy (non-hydrogen) atoms. The van der Waals surface area contributed by atoms with Crippen LogP contribution in [-0.4, -0.2) is 69.4 Å². The second-order valence-corrected chi connectivity index (χ2v) is 13.6. The van der Waals surface area contributed by atoms with Gasteiger partial charge in [-0.2, -0.15) is 8.61 Å². The first kappa shape index (κ1) is 29.1. The van der Waals surface area contributed by atoms with E-state index >= 15 is 0 Å². The van der Waals surface area contributed by atoms with Crippen LogP contribution in [0.4, 0.5) is 8.78 Å². The summed E-state index contributed by atoms with van der Waals surface area (Å²) >= 11 is 0. The van der Waals surface area contributed by atoms with E-state index in [1.54, 1.807) is 26.0 Å². The Kier molecular flexibility index (Phi) is 8.43. The van der Waals surface area contributed by atoms with Crippen LogP contribution in [0.1, 0.15) is 13.8 Å². The van der Waals surface area contributed by atoms with Crippen LogP contribution < -0.4 is 4.74 Å². The summed E-state index contributed by atoms with van der Waals surface area (Å²) < 4.78 is 89.5. The number of fused-ring (bicyclic) bond motifs is 1. The predicted molar refractivity (Wildman–Crippen MR) is 142 cm³/mol. The lowest BCUT2D eigenvalue weighted by Gasteiger charge is -2.37. The molecule has 0 radical (unpaired) electrons. The lowest BCUT2D eigenvalue weighted by molar-refractivity contribution is 0.0905. The molecule has 210 valence electrons. The van der Waals surface area contributed by atoms with Gasteiger partial charge in [0.15, 0.2) is 0 Å². The number of rotatable bonds is 7. The number of hydrogen-bond acceptors (Lipinski definition) is 6. The standard InChI is InChI=1S/C27H30F2N2O6S2/c1-18-15-31(19(2)17-32)39(35,36)27-12-7-21(20-5-4-6-23(29)13-20)14-25(27)37-26(18)16-30(3)38(33,34)24-10-8-22(28)9-11-24/h4-14,18-19,26,32H,15-17H2,1-3H3/t18-,19-,26+/m0/s1. The van der Waals surface area contributed by atoms with E-state index in [1.165, 1.54) is 53.8 Å². The molecule has 8 nitrogen and oxygen atoms in total. The predicted octanol–water partition coefficient (Wildman–Crippen LogP) is 3.72. The SMILES string of the molecule is C[C@H]1CN([C@@H](C)CO)S(=O)(=O)c2ccc(-c3cccc(F)c3)cc2O[C@@H]1CN(C)S(=O)(=O)c1ccc(F)cc1. The normalized spacial score (nSPS) is 20.5. The van der Waals surface area contributed by atoms with E-state index in [2.05, 4.69) is 0 Å². The van der Waals surface area contributed by atoms with E-state index in [0.29, 0.717) is 11.1 Å². The Morgan fingerprint density at radius 3 is 2.36 bits per heavy atom. The Balaban J connectivity index is 1.77. The fraction of sp³-hybridized carbons (Fsp3) is 0.333. The fourth-order valence-electron chi connectivity index (χ4n) is 4.43. The van der Waals surface area contributed by atoms with Crippen LogP contribution in [-0.2, 0) is 20.0 Å². The van der Waals surface area contributed by atoms with Crippen LogP contribution in [0.25, 0.3) is 11.1 Å². The summed E-state index contributed by atoms with van der Waals surface area (Å²) in [7, 11) is -6.77. The van der Waals surface area contributed by atoms with Gasteiger partial charge in [-0.1, -0.05) is 25.1 Å². The van der Waals surface area contributed by atoms with Crippen molar-refractivity contribution in [2.24, 2.45) is 5.92 Å². The molecule has 0 spiro atoms. The maximum Gasteiger partial charge on any atom is 0.247 e. The summed E-state index contributed by atoms with van der Waals surface area (Å²) in [5.41, 5.74) is 1.01. The van der Waals surface area contributed by atoms with Gasteiger partial charge in [-0.05, 0) is 66.6 Å². The number of nitrogens with zero attached hydrogens (tertiary/aromatic N) is 2. The van der Waals surface area contributed by atoms with E-state index in [9.17, 15) is 30.7 Å². The fourth-order valence-corrected chi connectivity index (χ4v) is 7.44. The molecule has 1 aliphatic heterocycles. The molecule has 3 aromatic carbocycles. The summed E-state index contributed by atoms with van der Waals surface area (Å²) in [6.07, 6.45) is -0.810. The molecule has 4 rings (SSSR count). The zero-order valence-corrected chi connectivity index (χ0v) is 23.3. The van der Waals surface area contributed by atoms with Crippen molar-refractivity contribution >= 4 is 20.0 Å². The Morgan fingerprint density at radius 1 is 1.05 bits per heavy atom. The molecule has 0 aromatic heterocycles. The Labute approximate surface area is 227 Å². The number of aliphatic hydroxyl groups is 1. The van der Waals surface area contributed by atoms with Crippen LogP contribution in [0, 0.1) is 17.6 Å². The summed E-state index contributed by atoms with van der Waals surface area (Å²) in [6.45, 7) is 2.70. The third-order valence-electron chi connectivity index (χ3n) is 6.78. The maximum absolute atomic E-state index is 13.9. The van der Waals surface area contributed by atoms with Crippen molar-refractivity contribution < 1.29 is 35.5 Å². The van der Waals surface area contributed by atoms with Crippen LogP contribution in [0.15, 0.2) is 76.5 Å². The van der Waals surface area contributed by atoms with Gasteiger partial charge in [-0.3, -0.25) is 0 Å². The molecule has 1 heterocycles. The zero-order valence-electron chi connectivity index (χ0n) is 21.7. The van der Waals surface area contributed by atoms with Gasteiger partial charge >= 0.3 is 0 Å². The number of benzene rings is 3. The molecule has 12 heteroatoms. The first-order valence-electron chi connectivity index (χ1n) is 12.3. The van der Waals surface area contributed by atoms with Gasteiger partial charge in [-0.15, -0.1) is 0 Å². The monoisotopic (exact) mass is 580 g/mol. The first-order valence-corrected chi connectivity index (χ1v) is 15.1. The maximum atomic E-state index is 13.9. The van der Waals surface area contributed by atoms with Gasteiger partial charge in [0.25, 0.3) is 0 Å². The van der Waals surface area contributed by atoms with E-state index in [-0.39, 0.29) is 28.6 Å². The van der Waals surface area contributed by atoms with Crippen LogP contribution in [0.5, 0.6) is 5.75 Å². The van der Waals surface area contributed by atoms with Gasteiger partial charge < -0.3 is 9.84 Å². The van der Waals surface area contributed by atoms with E-state index in [0.717, 1.165) is 16.4 Å². The average Bonchev–Trinajstić information content (AvgIpc) is 2.90. The lowest BCUT2D eigenvalue weighted by Crippen LogP contribution is -2.50. The van der Waals surface area contributed by atoms with Gasteiger partial charge in [0.05, 0.1) is 18.0 Å². The van der Waals surface area contributed by atoms with Crippen molar-refractivity contribution in [1.82, 2.24) is 8.61 Å². The lowest BCUT2D eigenvalue weighted by atomic mass is 10.0. The summed E-state index contributed by atoms with van der Waals surface area (Å²) in [4.78, 5) is -0.249. The average molecular weight is 581 g/mol. The molecule has 1 N–H and O–H groups in total.